The zero-order chi connectivity index (χ0) is 18.6. The van der Waals surface area contributed by atoms with E-state index in [0.29, 0.717) is 11.3 Å². The van der Waals surface area contributed by atoms with E-state index in [1.165, 1.54) is 11.2 Å². The van der Waals surface area contributed by atoms with Crippen LogP contribution in [0.15, 0.2) is 76.2 Å². The Balaban J connectivity index is 1.54. The van der Waals surface area contributed by atoms with E-state index in [-0.39, 0.29) is 23.6 Å². The third-order valence-electron chi connectivity index (χ3n) is 4.43. The van der Waals surface area contributed by atoms with E-state index in [0.717, 1.165) is 17.7 Å². The van der Waals surface area contributed by atoms with Crippen molar-refractivity contribution >= 4 is 29.3 Å². The van der Waals surface area contributed by atoms with Gasteiger partial charge in [-0.25, -0.2) is 0 Å². The Kier molecular flexibility index (Phi) is 4.98. The van der Waals surface area contributed by atoms with E-state index in [2.05, 4.69) is 22.8 Å². The summed E-state index contributed by atoms with van der Waals surface area (Å²) in [7, 11) is 0. The SMILES string of the molecule is O=C(Nc1ccccc1C(=O)N[C@H]1CCSc2ccccc21)c1ccco1. The number of nitrogens with one attached hydrogen (secondary N) is 2. The number of fused-ring (bicyclic) bond motifs is 1. The fraction of sp³-hybridized carbons (Fsp3) is 0.143. The number of thioether (sulfide) groups is 1. The van der Waals surface area contributed by atoms with Crippen LogP contribution in [0, 0.1) is 0 Å². The van der Waals surface area contributed by atoms with Crippen LogP contribution in [-0.2, 0) is 0 Å². The van der Waals surface area contributed by atoms with Crippen LogP contribution in [0.25, 0.3) is 0 Å². The molecule has 0 saturated carbocycles. The van der Waals surface area contributed by atoms with Gasteiger partial charge in [0.15, 0.2) is 5.76 Å². The van der Waals surface area contributed by atoms with Crippen molar-refractivity contribution in [2.75, 3.05) is 11.1 Å². The number of hydrogen-bond donors (Lipinski definition) is 2. The number of carbonyl (C=O) groups excluding carboxylic acids is 2. The second kappa shape index (κ2) is 7.72. The number of anilines is 1. The summed E-state index contributed by atoms with van der Waals surface area (Å²) in [6.07, 6.45) is 2.31. The van der Waals surface area contributed by atoms with E-state index in [1.54, 1.807) is 48.2 Å². The van der Waals surface area contributed by atoms with Gasteiger partial charge < -0.3 is 15.1 Å². The highest BCUT2D eigenvalue weighted by Crippen LogP contribution is 2.36. The average Bonchev–Trinajstić information content (AvgIpc) is 3.24. The van der Waals surface area contributed by atoms with Crippen molar-refractivity contribution < 1.29 is 14.0 Å². The van der Waals surface area contributed by atoms with Crippen molar-refractivity contribution in [2.24, 2.45) is 0 Å². The fourth-order valence-corrected chi connectivity index (χ4v) is 4.24. The maximum absolute atomic E-state index is 12.9. The van der Waals surface area contributed by atoms with Gasteiger partial charge in [-0.3, -0.25) is 9.59 Å². The first-order valence-electron chi connectivity index (χ1n) is 8.69. The predicted octanol–water partition coefficient (Wildman–Crippen LogP) is 4.50. The molecule has 6 heteroatoms. The molecule has 136 valence electrons. The molecule has 2 amide bonds. The van der Waals surface area contributed by atoms with Crippen molar-refractivity contribution in [3.63, 3.8) is 0 Å². The third-order valence-corrected chi connectivity index (χ3v) is 5.55. The summed E-state index contributed by atoms with van der Waals surface area (Å²) in [4.78, 5) is 26.4. The Morgan fingerprint density at radius 1 is 0.963 bits per heavy atom. The van der Waals surface area contributed by atoms with Crippen LogP contribution in [0.3, 0.4) is 0 Å². The van der Waals surface area contributed by atoms with Crippen molar-refractivity contribution in [1.29, 1.82) is 0 Å². The van der Waals surface area contributed by atoms with Gasteiger partial charge in [0.2, 0.25) is 0 Å². The van der Waals surface area contributed by atoms with E-state index >= 15 is 0 Å². The van der Waals surface area contributed by atoms with Gasteiger partial charge in [-0.05, 0) is 42.3 Å². The van der Waals surface area contributed by atoms with Gasteiger partial charge in [0.25, 0.3) is 11.8 Å². The molecule has 27 heavy (non-hydrogen) atoms. The summed E-state index contributed by atoms with van der Waals surface area (Å²) < 4.78 is 5.11. The number of benzene rings is 2. The lowest BCUT2D eigenvalue weighted by Crippen LogP contribution is -2.31. The van der Waals surface area contributed by atoms with Crippen molar-refractivity contribution in [2.45, 2.75) is 17.4 Å². The highest BCUT2D eigenvalue weighted by Gasteiger charge is 2.23. The van der Waals surface area contributed by atoms with Crippen LogP contribution < -0.4 is 10.6 Å². The number of amides is 2. The molecule has 3 aromatic rings. The number of furan rings is 1. The molecule has 4 rings (SSSR count). The van der Waals surface area contributed by atoms with Crippen molar-refractivity contribution in [1.82, 2.24) is 5.32 Å². The van der Waals surface area contributed by atoms with Crippen LogP contribution in [0.1, 0.15) is 38.9 Å². The predicted molar refractivity (Wildman–Crippen MR) is 105 cm³/mol. The molecule has 5 nitrogen and oxygen atoms in total. The van der Waals surface area contributed by atoms with Gasteiger partial charge in [0.1, 0.15) is 0 Å². The Bertz CT molecular complexity index is 969. The van der Waals surface area contributed by atoms with Gasteiger partial charge in [0.05, 0.1) is 23.6 Å². The second-order valence-electron chi connectivity index (χ2n) is 6.18. The molecule has 2 heterocycles. The van der Waals surface area contributed by atoms with Crippen LogP contribution >= 0.6 is 11.8 Å². The lowest BCUT2D eigenvalue weighted by Gasteiger charge is -2.26. The number of rotatable bonds is 4. The number of para-hydroxylation sites is 1. The van der Waals surface area contributed by atoms with Gasteiger partial charge >= 0.3 is 0 Å². The highest BCUT2D eigenvalue weighted by atomic mass is 32.2. The molecule has 0 spiro atoms. The number of carbonyl (C=O) groups is 2. The van der Waals surface area contributed by atoms with Gasteiger partial charge in [-0.1, -0.05) is 30.3 Å². The lowest BCUT2D eigenvalue weighted by molar-refractivity contribution is 0.0936. The van der Waals surface area contributed by atoms with E-state index in [9.17, 15) is 9.59 Å². The van der Waals surface area contributed by atoms with Crippen LogP contribution in [-0.4, -0.2) is 17.6 Å². The molecular formula is C21H18N2O3S. The summed E-state index contributed by atoms with van der Waals surface area (Å²) in [6.45, 7) is 0. The van der Waals surface area contributed by atoms with Gasteiger partial charge in [0, 0.05) is 10.6 Å². The first-order chi connectivity index (χ1) is 13.2. The topological polar surface area (TPSA) is 71.3 Å². The Hall–Kier alpha value is -2.99. The molecule has 2 N–H and O–H groups in total. The summed E-state index contributed by atoms with van der Waals surface area (Å²) in [6, 6.07) is 18.3. The minimum atomic E-state index is -0.389. The van der Waals surface area contributed by atoms with E-state index in [4.69, 9.17) is 4.42 Å². The first-order valence-corrected chi connectivity index (χ1v) is 9.67. The monoisotopic (exact) mass is 378 g/mol. The van der Waals surface area contributed by atoms with Crippen molar-refractivity contribution in [3.8, 4) is 0 Å². The first kappa shape index (κ1) is 17.4. The summed E-state index contributed by atoms with van der Waals surface area (Å²) in [5.41, 5.74) is 2.02. The zero-order valence-corrected chi connectivity index (χ0v) is 15.3. The molecular weight excluding hydrogens is 360 g/mol. The molecule has 1 aliphatic heterocycles. The lowest BCUT2D eigenvalue weighted by atomic mass is 10.0. The van der Waals surface area contributed by atoms with E-state index < -0.39 is 0 Å². The Morgan fingerprint density at radius 2 is 1.78 bits per heavy atom. The zero-order valence-electron chi connectivity index (χ0n) is 14.5. The molecule has 0 bridgehead atoms. The fourth-order valence-electron chi connectivity index (χ4n) is 3.11. The van der Waals surface area contributed by atoms with Gasteiger partial charge in [-0.2, -0.15) is 0 Å². The smallest absolute Gasteiger partial charge is 0.291 e. The molecule has 0 radical (unpaired) electrons. The summed E-state index contributed by atoms with van der Waals surface area (Å²) in [5, 5.41) is 5.87. The molecule has 0 fully saturated rings. The summed E-state index contributed by atoms with van der Waals surface area (Å²) >= 11 is 1.81. The Morgan fingerprint density at radius 3 is 2.63 bits per heavy atom. The maximum Gasteiger partial charge on any atom is 0.291 e. The third kappa shape index (κ3) is 3.75. The minimum Gasteiger partial charge on any atom is -0.459 e. The van der Waals surface area contributed by atoms with E-state index in [1.807, 2.05) is 12.1 Å². The number of hydrogen-bond acceptors (Lipinski definition) is 4. The van der Waals surface area contributed by atoms with Crippen molar-refractivity contribution in [3.05, 3.63) is 83.8 Å². The average molecular weight is 378 g/mol. The van der Waals surface area contributed by atoms with Crippen LogP contribution in [0.4, 0.5) is 5.69 Å². The van der Waals surface area contributed by atoms with Gasteiger partial charge in [-0.15, -0.1) is 11.8 Å². The molecule has 1 atom stereocenters. The molecule has 0 unspecified atom stereocenters. The molecule has 2 aromatic carbocycles. The molecule has 0 saturated heterocycles. The Labute approximate surface area is 161 Å². The normalized spacial score (nSPS) is 15.6. The summed E-state index contributed by atoms with van der Waals surface area (Å²) in [5.74, 6) is 0.555. The standard InChI is InChI=1S/C21H18N2O3S/c24-20(22-17-11-13-27-19-10-4-2-6-14(17)19)15-7-1-3-8-16(15)23-21(25)18-9-5-12-26-18/h1-10,12,17H,11,13H2,(H,22,24)(H,23,25)/t17-/m0/s1. The minimum absolute atomic E-state index is 0.0382. The molecule has 0 aliphatic carbocycles. The molecule has 1 aliphatic rings. The second-order valence-corrected chi connectivity index (χ2v) is 7.31. The van der Waals surface area contributed by atoms with Crippen LogP contribution in [0.5, 0.6) is 0 Å². The maximum atomic E-state index is 12.9. The quantitative estimate of drug-likeness (QED) is 0.701. The largest absolute Gasteiger partial charge is 0.459 e. The highest BCUT2D eigenvalue weighted by molar-refractivity contribution is 7.99. The van der Waals surface area contributed by atoms with Crippen LogP contribution in [0.2, 0.25) is 0 Å². The molecule has 1 aromatic heterocycles.